The topological polar surface area (TPSA) is 77.0 Å². The number of nitrogens with zero attached hydrogens (tertiary/aromatic N) is 1. The molecule has 8 heteroatoms. The third kappa shape index (κ3) is 7.64. The molecule has 1 aliphatic heterocycles. The first kappa shape index (κ1) is 29.6. The summed E-state index contributed by atoms with van der Waals surface area (Å²) in [7, 11) is 0. The van der Waals surface area contributed by atoms with E-state index < -0.39 is 6.04 Å². The molecular formula is C32H33BrN2O4S. The summed E-state index contributed by atoms with van der Waals surface area (Å²) >= 11 is 5.14. The van der Waals surface area contributed by atoms with Crippen LogP contribution in [0.5, 0.6) is 0 Å². The van der Waals surface area contributed by atoms with Crippen LogP contribution in [0.15, 0.2) is 93.5 Å². The Morgan fingerprint density at radius 1 is 0.925 bits per heavy atom. The first-order valence-electron chi connectivity index (χ1n) is 13.4. The lowest BCUT2D eigenvalue weighted by atomic mass is 9.94. The van der Waals surface area contributed by atoms with Gasteiger partial charge in [0.2, 0.25) is 0 Å². The summed E-state index contributed by atoms with van der Waals surface area (Å²) in [6, 6.07) is 23.2. The third-order valence-corrected chi connectivity index (χ3v) is 7.91. The van der Waals surface area contributed by atoms with Gasteiger partial charge in [-0.1, -0.05) is 76.2 Å². The molecule has 0 saturated heterocycles. The number of amidine groups is 1. The van der Waals surface area contributed by atoms with Crippen LogP contribution in [-0.4, -0.2) is 36.1 Å². The minimum atomic E-state index is -0.478. The van der Waals surface area contributed by atoms with Crippen LogP contribution in [0.25, 0.3) is 11.1 Å². The first-order valence-corrected chi connectivity index (χ1v) is 15.1. The van der Waals surface area contributed by atoms with E-state index >= 15 is 0 Å². The fourth-order valence-electron chi connectivity index (χ4n) is 4.43. The molecule has 0 amide bonds. The summed E-state index contributed by atoms with van der Waals surface area (Å²) < 4.78 is 11.6. The summed E-state index contributed by atoms with van der Waals surface area (Å²) in [4.78, 5) is 30.1. The van der Waals surface area contributed by atoms with Gasteiger partial charge in [-0.25, -0.2) is 14.6 Å². The van der Waals surface area contributed by atoms with E-state index in [4.69, 9.17) is 14.5 Å². The van der Waals surface area contributed by atoms with Gasteiger partial charge in [-0.15, -0.1) is 0 Å². The van der Waals surface area contributed by atoms with Crippen molar-refractivity contribution in [3.63, 3.8) is 0 Å². The third-order valence-electron chi connectivity index (χ3n) is 6.41. The molecule has 1 atom stereocenters. The molecule has 0 spiro atoms. The summed E-state index contributed by atoms with van der Waals surface area (Å²) in [6.45, 7) is 6.10. The van der Waals surface area contributed by atoms with Crippen LogP contribution in [0.1, 0.15) is 54.7 Å². The van der Waals surface area contributed by atoms with Crippen LogP contribution in [0.3, 0.4) is 0 Å². The molecule has 6 nitrogen and oxygen atoms in total. The molecule has 1 N–H and O–H groups in total. The van der Waals surface area contributed by atoms with E-state index in [1.807, 2.05) is 49.4 Å². The maximum Gasteiger partial charge on any atom is 0.338 e. The summed E-state index contributed by atoms with van der Waals surface area (Å²) in [6.07, 6.45) is 1.99. The molecule has 1 unspecified atom stereocenters. The highest BCUT2D eigenvalue weighted by atomic mass is 79.9. The lowest BCUT2D eigenvalue weighted by Crippen LogP contribution is -2.30. The largest absolute Gasteiger partial charge is 0.463 e. The number of benzene rings is 3. The van der Waals surface area contributed by atoms with E-state index in [1.165, 1.54) is 5.56 Å². The fraction of sp³-hybridized carbons (Fsp3) is 0.281. The van der Waals surface area contributed by atoms with Gasteiger partial charge in [0.15, 0.2) is 5.17 Å². The van der Waals surface area contributed by atoms with Crippen molar-refractivity contribution in [2.75, 3.05) is 19.0 Å². The molecule has 0 aliphatic carbocycles. The number of halogens is 1. The van der Waals surface area contributed by atoms with Crippen molar-refractivity contribution in [3.05, 3.63) is 105 Å². The molecule has 0 bridgehead atoms. The van der Waals surface area contributed by atoms with Crippen LogP contribution in [-0.2, 0) is 20.7 Å². The number of ether oxygens (including phenoxy) is 2. The van der Waals surface area contributed by atoms with Crippen molar-refractivity contribution in [2.45, 2.75) is 39.7 Å². The number of hydrogen-bond acceptors (Lipinski definition) is 7. The number of aryl methyl sites for hydroxylation is 1. The van der Waals surface area contributed by atoms with E-state index in [9.17, 15) is 9.59 Å². The van der Waals surface area contributed by atoms with Gasteiger partial charge in [-0.2, -0.15) is 0 Å². The van der Waals surface area contributed by atoms with Gasteiger partial charge in [0.05, 0.1) is 24.4 Å². The Morgan fingerprint density at radius 2 is 1.62 bits per heavy atom. The highest BCUT2D eigenvalue weighted by Gasteiger charge is 2.30. The lowest BCUT2D eigenvalue weighted by Gasteiger charge is -2.26. The van der Waals surface area contributed by atoms with Crippen LogP contribution < -0.4 is 5.32 Å². The fourth-order valence-corrected chi connectivity index (χ4v) is 5.58. The molecule has 0 aromatic heterocycles. The average molecular weight is 622 g/mol. The summed E-state index contributed by atoms with van der Waals surface area (Å²) in [5.74, 6) is 0.185. The summed E-state index contributed by atoms with van der Waals surface area (Å²) in [5.41, 5.74) is 5.82. The Bertz CT molecular complexity index is 1400. The van der Waals surface area contributed by atoms with Crippen molar-refractivity contribution in [3.8, 4) is 11.1 Å². The van der Waals surface area contributed by atoms with Crippen molar-refractivity contribution in [1.29, 1.82) is 0 Å². The van der Waals surface area contributed by atoms with Crippen LogP contribution in [0.4, 0.5) is 0 Å². The number of carbonyl (C=O) groups excluding carboxylic acids is 2. The van der Waals surface area contributed by atoms with Gasteiger partial charge < -0.3 is 14.8 Å². The van der Waals surface area contributed by atoms with Crippen molar-refractivity contribution < 1.29 is 19.1 Å². The molecule has 0 fully saturated rings. The molecular weight excluding hydrogens is 588 g/mol. The number of aliphatic imine (C=N–C) groups is 1. The number of esters is 2. The first-order chi connectivity index (χ1) is 19.4. The van der Waals surface area contributed by atoms with E-state index in [-0.39, 0.29) is 11.9 Å². The second kappa shape index (κ2) is 14.3. The smallest absolute Gasteiger partial charge is 0.338 e. The van der Waals surface area contributed by atoms with E-state index in [2.05, 4.69) is 45.5 Å². The van der Waals surface area contributed by atoms with Crippen molar-refractivity contribution in [2.24, 2.45) is 4.99 Å². The zero-order valence-electron chi connectivity index (χ0n) is 22.9. The number of allylic oxidation sites excluding steroid dienone is 1. The minimum Gasteiger partial charge on any atom is -0.463 e. The molecule has 208 valence electrons. The average Bonchev–Trinajstić information content (AvgIpc) is 2.96. The van der Waals surface area contributed by atoms with Gasteiger partial charge in [0, 0.05) is 15.9 Å². The standard InChI is InChI=1S/C32H33BrN2O4S/c1-4-38-30(36)26-10-6-9-25(20-26)23-13-15-24(16-14-23)29-28(31(37)39-5-2)21(3)34-32(35-29)40-19-7-8-22-11-17-27(33)18-12-22/h6,9-18,20,29H,4-5,7-8,19H2,1-3H3,(H,34,35). The monoisotopic (exact) mass is 620 g/mol. The molecule has 0 radical (unpaired) electrons. The second-order valence-electron chi connectivity index (χ2n) is 9.22. The Kier molecular flexibility index (Phi) is 10.6. The lowest BCUT2D eigenvalue weighted by molar-refractivity contribution is -0.138. The van der Waals surface area contributed by atoms with Gasteiger partial charge in [0.1, 0.15) is 6.04 Å². The van der Waals surface area contributed by atoms with Crippen molar-refractivity contribution >= 4 is 44.8 Å². The molecule has 4 rings (SSSR count). The van der Waals surface area contributed by atoms with Crippen LogP contribution in [0.2, 0.25) is 0 Å². The zero-order valence-corrected chi connectivity index (χ0v) is 25.3. The molecule has 40 heavy (non-hydrogen) atoms. The van der Waals surface area contributed by atoms with E-state index in [1.54, 1.807) is 31.7 Å². The maximum absolute atomic E-state index is 12.9. The van der Waals surface area contributed by atoms with Crippen LogP contribution in [0, 0.1) is 0 Å². The second-order valence-corrected chi connectivity index (χ2v) is 11.2. The van der Waals surface area contributed by atoms with Gasteiger partial charge in [-0.3, -0.25) is 0 Å². The van der Waals surface area contributed by atoms with E-state index in [0.29, 0.717) is 24.4 Å². The highest BCUT2D eigenvalue weighted by Crippen LogP contribution is 2.34. The predicted octanol–water partition coefficient (Wildman–Crippen LogP) is 7.50. The van der Waals surface area contributed by atoms with Gasteiger partial charge >= 0.3 is 11.9 Å². The summed E-state index contributed by atoms with van der Waals surface area (Å²) in [5, 5.41) is 4.11. The molecule has 3 aromatic carbocycles. The van der Waals surface area contributed by atoms with Gasteiger partial charge in [0.25, 0.3) is 0 Å². The number of rotatable bonds is 10. The number of nitrogens with one attached hydrogen (secondary N) is 1. The van der Waals surface area contributed by atoms with Crippen molar-refractivity contribution in [1.82, 2.24) is 5.32 Å². The number of thioether (sulfide) groups is 1. The molecule has 0 saturated carbocycles. The number of carbonyl (C=O) groups is 2. The Labute approximate surface area is 248 Å². The number of hydrogen-bond donors (Lipinski definition) is 1. The Morgan fingerprint density at radius 3 is 2.33 bits per heavy atom. The highest BCUT2D eigenvalue weighted by molar-refractivity contribution is 9.10. The maximum atomic E-state index is 12.9. The molecule has 1 heterocycles. The Balaban J connectivity index is 1.52. The minimum absolute atomic E-state index is 0.291. The normalized spacial score (nSPS) is 14.8. The predicted molar refractivity (Wildman–Crippen MR) is 165 cm³/mol. The SMILES string of the molecule is CCOC(=O)C1=C(C)NC(SCCCc2ccc(Br)cc2)=NC1c1ccc(-c2cccc(C(=O)OCC)c2)cc1. The van der Waals surface area contributed by atoms with E-state index in [0.717, 1.165) is 50.6 Å². The zero-order chi connectivity index (χ0) is 28.5. The molecule has 1 aliphatic rings. The Hall–Kier alpha value is -3.36. The quantitative estimate of drug-likeness (QED) is 0.187. The van der Waals surface area contributed by atoms with Gasteiger partial charge in [-0.05, 0) is 80.1 Å². The van der Waals surface area contributed by atoms with Crippen LogP contribution >= 0.6 is 27.7 Å². The molecule has 3 aromatic rings.